The lowest BCUT2D eigenvalue weighted by Crippen LogP contribution is -2.24. The van der Waals surface area contributed by atoms with E-state index in [0.29, 0.717) is 21.5 Å². The highest BCUT2D eigenvalue weighted by atomic mass is 19.3. The molecular formula is C23H14F2N6O. The monoisotopic (exact) mass is 428 g/mol. The molecule has 0 atom stereocenters. The number of rotatable bonds is 4. The van der Waals surface area contributed by atoms with Crippen molar-refractivity contribution in [3.63, 3.8) is 0 Å². The molecule has 0 amide bonds. The molecule has 5 aromatic rings. The van der Waals surface area contributed by atoms with Crippen LogP contribution in [-0.4, -0.2) is 24.1 Å². The molecule has 0 aliphatic rings. The largest absolute Gasteiger partial charge is 0.346 e. The van der Waals surface area contributed by atoms with Crippen LogP contribution in [0.3, 0.4) is 0 Å². The molecule has 4 aromatic heterocycles. The summed E-state index contributed by atoms with van der Waals surface area (Å²) in [6.45, 7) is -3.02. The summed E-state index contributed by atoms with van der Waals surface area (Å²) in [7, 11) is 0. The maximum Gasteiger partial charge on any atom is 0.337 e. The van der Waals surface area contributed by atoms with Crippen LogP contribution in [0.15, 0.2) is 78.1 Å². The summed E-state index contributed by atoms with van der Waals surface area (Å²) in [5.41, 5.74) is 2.52. The Morgan fingerprint density at radius 3 is 2.75 bits per heavy atom. The molecule has 0 saturated heterocycles. The van der Waals surface area contributed by atoms with Crippen molar-refractivity contribution in [1.29, 1.82) is 5.26 Å². The van der Waals surface area contributed by atoms with E-state index in [1.807, 2.05) is 18.2 Å². The van der Waals surface area contributed by atoms with Crippen molar-refractivity contribution in [1.82, 2.24) is 24.1 Å². The maximum atomic E-state index is 13.5. The molecule has 0 radical (unpaired) electrons. The van der Waals surface area contributed by atoms with Crippen LogP contribution in [0.4, 0.5) is 8.78 Å². The van der Waals surface area contributed by atoms with Crippen LogP contribution in [0.25, 0.3) is 39.2 Å². The predicted octanol–water partition coefficient (Wildman–Crippen LogP) is 4.51. The molecule has 1 aromatic carbocycles. The van der Waals surface area contributed by atoms with E-state index in [-0.39, 0.29) is 5.69 Å². The molecule has 0 bridgehead atoms. The second-order valence-electron chi connectivity index (χ2n) is 7.05. The molecule has 32 heavy (non-hydrogen) atoms. The third-order valence-electron chi connectivity index (χ3n) is 5.11. The van der Waals surface area contributed by atoms with Crippen LogP contribution in [0, 0.1) is 11.3 Å². The van der Waals surface area contributed by atoms with Crippen LogP contribution >= 0.6 is 0 Å². The van der Waals surface area contributed by atoms with Gasteiger partial charge in [-0.2, -0.15) is 14.0 Å². The predicted molar refractivity (Wildman–Crippen MR) is 114 cm³/mol. The van der Waals surface area contributed by atoms with Crippen molar-refractivity contribution in [2.75, 3.05) is 0 Å². The van der Waals surface area contributed by atoms with Crippen molar-refractivity contribution in [2.45, 2.75) is 6.55 Å². The Bertz CT molecular complexity index is 1560. The molecule has 0 fully saturated rings. The minimum Gasteiger partial charge on any atom is -0.346 e. The van der Waals surface area contributed by atoms with Crippen LogP contribution in [0.5, 0.6) is 0 Å². The number of pyridine rings is 2. The number of nitrogens with one attached hydrogen (secondary N) is 1. The van der Waals surface area contributed by atoms with Gasteiger partial charge in [0.2, 0.25) is 0 Å². The molecule has 4 heterocycles. The second kappa shape index (κ2) is 7.59. The summed E-state index contributed by atoms with van der Waals surface area (Å²) in [5, 5.41) is 10.1. The summed E-state index contributed by atoms with van der Waals surface area (Å²) >= 11 is 0. The number of hydrogen-bond acceptors (Lipinski definition) is 4. The highest BCUT2D eigenvalue weighted by Crippen LogP contribution is 2.28. The van der Waals surface area contributed by atoms with Crippen LogP contribution < -0.4 is 5.69 Å². The molecule has 0 unspecified atom stereocenters. The van der Waals surface area contributed by atoms with Gasteiger partial charge in [0, 0.05) is 35.7 Å². The molecule has 5 rings (SSSR count). The maximum absolute atomic E-state index is 13.5. The lowest BCUT2D eigenvalue weighted by Gasteiger charge is -2.09. The summed E-state index contributed by atoms with van der Waals surface area (Å²) < 4.78 is 28.5. The van der Waals surface area contributed by atoms with Gasteiger partial charge in [-0.25, -0.2) is 14.3 Å². The summed E-state index contributed by atoms with van der Waals surface area (Å²) in [6, 6.07) is 15.5. The highest BCUT2D eigenvalue weighted by molar-refractivity contribution is 5.82. The molecule has 0 aliphatic heterocycles. The minimum absolute atomic E-state index is 0.183. The zero-order valence-electron chi connectivity index (χ0n) is 16.4. The zero-order valence-corrected chi connectivity index (χ0v) is 16.4. The first-order valence-electron chi connectivity index (χ1n) is 9.57. The number of nitriles is 1. The lowest BCUT2D eigenvalue weighted by atomic mass is 10.1. The highest BCUT2D eigenvalue weighted by Gasteiger charge is 2.20. The SMILES string of the molecule is N#Cc1cccc(-n2c(-c3cc(-c4cnc5[nH]ccc5c4)ccn3)cn(C(F)F)c2=O)c1. The van der Waals surface area contributed by atoms with Crippen molar-refractivity contribution in [3.05, 3.63) is 89.4 Å². The Balaban J connectivity index is 1.69. The van der Waals surface area contributed by atoms with E-state index in [2.05, 4.69) is 15.0 Å². The Morgan fingerprint density at radius 2 is 1.94 bits per heavy atom. The Hall–Kier alpha value is -4.58. The van der Waals surface area contributed by atoms with E-state index in [0.717, 1.165) is 32.9 Å². The second-order valence-corrected chi connectivity index (χ2v) is 7.05. The van der Waals surface area contributed by atoms with Gasteiger partial charge in [0.1, 0.15) is 5.65 Å². The van der Waals surface area contributed by atoms with Crippen LogP contribution in [0.2, 0.25) is 0 Å². The molecule has 7 nitrogen and oxygen atoms in total. The number of halogens is 2. The fourth-order valence-electron chi connectivity index (χ4n) is 3.60. The number of nitrogens with zero attached hydrogens (tertiary/aromatic N) is 5. The average molecular weight is 428 g/mol. The van der Waals surface area contributed by atoms with E-state index in [4.69, 9.17) is 0 Å². The molecule has 1 N–H and O–H groups in total. The van der Waals surface area contributed by atoms with Crippen molar-refractivity contribution >= 4 is 11.0 Å². The number of fused-ring (bicyclic) bond motifs is 1. The minimum atomic E-state index is -3.02. The molecular weight excluding hydrogens is 414 g/mol. The van der Waals surface area contributed by atoms with E-state index >= 15 is 0 Å². The number of H-pyrrole nitrogens is 1. The molecule has 0 aliphatic carbocycles. The van der Waals surface area contributed by atoms with Crippen molar-refractivity contribution in [2.24, 2.45) is 0 Å². The van der Waals surface area contributed by atoms with Crippen LogP contribution in [0.1, 0.15) is 12.1 Å². The normalized spacial score (nSPS) is 11.2. The molecule has 9 heteroatoms. The Kier molecular flexibility index (Phi) is 4.60. The van der Waals surface area contributed by atoms with Gasteiger partial charge in [-0.05, 0) is 48.0 Å². The first-order chi connectivity index (χ1) is 15.5. The van der Waals surface area contributed by atoms with Crippen molar-refractivity contribution < 1.29 is 8.78 Å². The van der Waals surface area contributed by atoms with Gasteiger partial charge in [0.25, 0.3) is 0 Å². The smallest absolute Gasteiger partial charge is 0.337 e. The number of aromatic amines is 1. The van der Waals surface area contributed by atoms with E-state index < -0.39 is 12.2 Å². The van der Waals surface area contributed by atoms with E-state index in [1.54, 1.807) is 48.9 Å². The Labute approximate surface area is 179 Å². The van der Waals surface area contributed by atoms with Crippen molar-refractivity contribution in [3.8, 4) is 34.3 Å². The summed E-state index contributed by atoms with van der Waals surface area (Å²) in [5.74, 6) is 0. The zero-order chi connectivity index (χ0) is 22.2. The van der Waals surface area contributed by atoms with Gasteiger partial charge in [-0.1, -0.05) is 6.07 Å². The summed E-state index contributed by atoms with van der Waals surface area (Å²) in [4.78, 5) is 24.5. The summed E-state index contributed by atoms with van der Waals surface area (Å²) in [6.07, 6.45) is 6.12. The van der Waals surface area contributed by atoms with Gasteiger partial charge in [0.15, 0.2) is 0 Å². The van der Waals surface area contributed by atoms with E-state index in [1.165, 1.54) is 6.07 Å². The number of benzene rings is 1. The first kappa shape index (κ1) is 19.4. The topological polar surface area (TPSA) is 92.3 Å². The fourth-order valence-corrected chi connectivity index (χ4v) is 3.60. The third-order valence-corrected chi connectivity index (χ3v) is 5.11. The lowest BCUT2D eigenvalue weighted by molar-refractivity contribution is 0.0663. The van der Waals surface area contributed by atoms with E-state index in [9.17, 15) is 18.8 Å². The van der Waals surface area contributed by atoms with Gasteiger partial charge in [-0.15, -0.1) is 0 Å². The average Bonchev–Trinajstić information content (AvgIpc) is 3.43. The third kappa shape index (κ3) is 3.24. The fraction of sp³-hybridized carbons (Fsp3) is 0.0435. The number of hydrogen-bond donors (Lipinski definition) is 1. The molecule has 0 saturated carbocycles. The molecule has 156 valence electrons. The molecule has 0 spiro atoms. The van der Waals surface area contributed by atoms with Gasteiger partial charge in [0.05, 0.1) is 28.7 Å². The van der Waals surface area contributed by atoms with Gasteiger partial charge >= 0.3 is 12.2 Å². The Morgan fingerprint density at radius 1 is 1.06 bits per heavy atom. The number of imidazole rings is 1. The standard InChI is InChI=1S/C23H14F2N6O/c24-22(25)30-13-20(31(23(30)32)18-3-1-2-14(8-18)11-26)19-10-15(4-6-27-19)17-9-16-5-7-28-21(16)29-12-17/h1-10,12-13,22H,(H,28,29). The number of alkyl halides is 2. The van der Waals surface area contributed by atoms with Crippen LogP contribution in [-0.2, 0) is 0 Å². The first-order valence-corrected chi connectivity index (χ1v) is 9.57. The van der Waals surface area contributed by atoms with Gasteiger partial charge in [-0.3, -0.25) is 9.55 Å². The quantitative estimate of drug-likeness (QED) is 0.456. The number of aromatic nitrogens is 5. The van der Waals surface area contributed by atoms with Gasteiger partial charge < -0.3 is 4.98 Å².